The summed E-state index contributed by atoms with van der Waals surface area (Å²) < 4.78 is 5.45. The van der Waals surface area contributed by atoms with Crippen LogP contribution >= 0.6 is 11.8 Å². The normalized spacial score (nSPS) is 10.3. The molecule has 0 spiro atoms. The van der Waals surface area contributed by atoms with Crippen molar-refractivity contribution in [2.24, 2.45) is 0 Å². The SMILES string of the molecule is CCSCCOc1ccc(CNC)cc1[N+](=O)[O-]. The smallest absolute Gasteiger partial charge is 0.311 e. The van der Waals surface area contributed by atoms with E-state index < -0.39 is 4.92 Å². The van der Waals surface area contributed by atoms with Crippen LogP contribution in [0.4, 0.5) is 5.69 Å². The Balaban J connectivity index is 2.73. The minimum absolute atomic E-state index is 0.0317. The molecule has 0 heterocycles. The Morgan fingerprint density at radius 3 is 2.89 bits per heavy atom. The minimum atomic E-state index is -0.401. The van der Waals surface area contributed by atoms with E-state index in [-0.39, 0.29) is 5.69 Å². The van der Waals surface area contributed by atoms with E-state index in [2.05, 4.69) is 12.2 Å². The number of hydrogen-bond donors (Lipinski definition) is 1. The van der Waals surface area contributed by atoms with Crippen LogP contribution in [0.3, 0.4) is 0 Å². The Hall–Kier alpha value is -1.27. The van der Waals surface area contributed by atoms with Gasteiger partial charge in [0.2, 0.25) is 0 Å². The van der Waals surface area contributed by atoms with Gasteiger partial charge in [-0.2, -0.15) is 11.8 Å². The van der Waals surface area contributed by atoms with Crippen molar-refractivity contribution in [1.82, 2.24) is 5.32 Å². The van der Waals surface area contributed by atoms with E-state index in [0.29, 0.717) is 18.9 Å². The highest BCUT2D eigenvalue weighted by Crippen LogP contribution is 2.28. The molecule has 0 radical (unpaired) electrons. The molecular weight excluding hydrogens is 252 g/mol. The highest BCUT2D eigenvalue weighted by molar-refractivity contribution is 7.99. The summed E-state index contributed by atoms with van der Waals surface area (Å²) in [6, 6.07) is 5.06. The van der Waals surface area contributed by atoms with Crippen LogP contribution in [0.15, 0.2) is 18.2 Å². The Kier molecular flexibility index (Phi) is 6.53. The van der Waals surface area contributed by atoms with Crippen molar-refractivity contribution in [3.63, 3.8) is 0 Å². The molecule has 5 nitrogen and oxygen atoms in total. The number of thioether (sulfide) groups is 1. The van der Waals surface area contributed by atoms with Gasteiger partial charge in [-0.05, 0) is 24.4 Å². The number of nitrogens with zero attached hydrogens (tertiary/aromatic N) is 1. The van der Waals surface area contributed by atoms with E-state index in [1.165, 1.54) is 0 Å². The highest BCUT2D eigenvalue weighted by atomic mass is 32.2. The molecule has 1 rings (SSSR count). The number of rotatable bonds is 8. The lowest BCUT2D eigenvalue weighted by Crippen LogP contribution is -2.07. The first-order valence-electron chi connectivity index (χ1n) is 5.81. The van der Waals surface area contributed by atoms with Crippen molar-refractivity contribution >= 4 is 17.4 Å². The zero-order valence-corrected chi connectivity index (χ0v) is 11.5. The molecule has 0 aliphatic heterocycles. The van der Waals surface area contributed by atoms with Crippen molar-refractivity contribution in [3.05, 3.63) is 33.9 Å². The van der Waals surface area contributed by atoms with Gasteiger partial charge in [-0.1, -0.05) is 13.0 Å². The lowest BCUT2D eigenvalue weighted by Gasteiger charge is -2.07. The predicted octanol–water partition coefficient (Wildman–Crippen LogP) is 2.45. The van der Waals surface area contributed by atoms with E-state index in [4.69, 9.17) is 4.74 Å². The average molecular weight is 270 g/mol. The molecule has 18 heavy (non-hydrogen) atoms. The molecule has 0 aliphatic rings. The number of benzene rings is 1. The summed E-state index contributed by atoms with van der Waals surface area (Å²) in [4.78, 5) is 10.6. The van der Waals surface area contributed by atoms with Crippen molar-refractivity contribution in [2.45, 2.75) is 13.5 Å². The zero-order chi connectivity index (χ0) is 13.4. The fourth-order valence-electron chi connectivity index (χ4n) is 1.50. The molecule has 0 saturated carbocycles. The highest BCUT2D eigenvalue weighted by Gasteiger charge is 2.15. The first-order chi connectivity index (χ1) is 8.69. The van der Waals surface area contributed by atoms with Crippen molar-refractivity contribution in [2.75, 3.05) is 25.2 Å². The van der Waals surface area contributed by atoms with Gasteiger partial charge < -0.3 is 10.1 Å². The molecule has 0 fully saturated rings. The molecule has 6 heteroatoms. The first kappa shape index (κ1) is 14.8. The lowest BCUT2D eigenvalue weighted by molar-refractivity contribution is -0.385. The molecule has 1 aromatic carbocycles. The number of nitro benzene ring substituents is 1. The van der Waals surface area contributed by atoms with Gasteiger partial charge in [-0.25, -0.2) is 0 Å². The Labute approximate surface area is 111 Å². The van der Waals surface area contributed by atoms with Gasteiger partial charge in [0, 0.05) is 18.4 Å². The van der Waals surface area contributed by atoms with Crippen LogP contribution in [0.5, 0.6) is 5.75 Å². The molecule has 100 valence electrons. The monoisotopic (exact) mass is 270 g/mol. The number of nitro groups is 1. The lowest BCUT2D eigenvalue weighted by atomic mass is 10.2. The zero-order valence-electron chi connectivity index (χ0n) is 10.6. The first-order valence-corrected chi connectivity index (χ1v) is 6.97. The van der Waals surface area contributed by atoms with E-state index in [0.717, 1.165) is 17.1 Å². The summed E-state index contributed by atoms with van der Waals surface area (Å²) in [5, 5.41) is 13.9. The summed E-state index contributed by atoms with van der Waals surface area (Å²) in [5.41, 5.74) is 0.906. The third-order valence-corrected chi connectivity index (χ3v) is 3.15. The van der Waals surface area contributed by atoms with Crippen molar-refractivity contribution < 1.29 is 9.66 Å². The maximum Gasteiger partial charge on any atom is 0.311 e. The second kappa shape index (κ2) is 7.94. The van der Waals surface area contributed by atoms with Crippen LogP contribution in [0.1, 0.15) is 12.5 Å². The van der Waals surface area contributed by atoms with E-state index in [1.54, 1.807) is 30.9 Å². The second-order valence-corrected chi connectivity index (χ2v) is 5.03. The molecule has 0 unspecified atom stereocenters. The number of ether oxygens (including phenoxy) is 1. The number of hydrogen-bond acceptors (Lipinski definition) is 5. The molecule has 0 aliphatic carbocycles. The molecule has 1 aromatic rings. The average Bonchev–Trinajstić information content (AvgIpc) is 2.36. The van der Waals surface area contributed by atoms with E-state index in [9.17, 15) is 10.1 Å². The maximum atomic E-state index is 11.0. The largest absolute Gasteiger partial charge is 0.486 e. The summed E-state index contributed by atoms with van der Waals surface area (Å²) in [5.74, 6) is 2.20. The van der Waals surface area contributed by atoms with Crippen LogP contribution < -0.4 is 10.1 Å². The van der Waals surface area contributed by atoms with Crippen LogP contribution in [-0.4, -0.2) is 30.1 Å². The quantitative estimate of drug-likeness (QED) is 0.446. The second-order valence-electron chi connectivity index (χ2n) is 3.63. The topological polar surface area (TPSA) is 64.4 Å². The summed E-state index contributed by atoms with van der Waals surface area (Å²) in [7, 11) is 1.80. The molecule has 1 N–H and O–H groups in total. The van der Waals surface area contributed by atoms with Gasteiger partial charge in [-0.15, -0.1) is 0 Å². The van der Waals surface area contributed by atoms with Gasteiger partial charge in [0.1, 0.15) is 0 Å². The van der Waals surface area contributed by atoms with Gasteiger partial charge >= 0.3 is 5.69 Å². The van der Waals surface area contributed by atoms with Gasteiger partial charge in [0.25, 0.3) is 0 Å². The molecule has 0 bridgehead atoms. The van der Waals surface area contributed by atoms with E-state index >= 15 is 0 Å². The van der Waals surface area contributed by atoms with Gasteiger partial charge in [-0.3, -0.25) is 10.1 Å². The fraction of sp³-hybridized carbons (Fsp3) is 0.500. The minimum Gasteiger partial charge on any atom is -0.486 e. The summed E-state index contributed by atoms with van der Waals surface area (Å²) in [6.45, 7) is 3.16. The number of nitrogens with one attached hydrogen (secondary N) is 1. The maximum absolute atomic E-state index is 11.0. The van der Waals surface area contributed by atoms with Crippen LogP contribution in [0, 0.1) is 10.1 Å². The van der Waals surface area contributed by atoms with Crippen LogP contribution in [0.2, 0.25) is 0 Å². The van der Waals surface area contributed by atoms with Crippen molar-refractivity contribution in [3.8, 4) is 5.75 Å². The standard InChI is InChI=1S/C12H18N2O3S/c1-3-18-7-6-17-12-5-4-10(9-13-2)8-11(12)14(15)16/h4-5,8,13H,3,6-7,9H2,1-2H3. The molecule has 0 atom stereocenters. The van der Waals surface area contributed by atoms with Crippen LogP contribution in [-0.2, 0) is 6.54 Å². The Bertz CT molecular complexity index is 399. The Morgan fingerprint density at radius 1 is 1.50 bits per heavy atom. The van der Waals surface area contributed by atoms with Gasteiger partial charge in [0.05, 0.1) is 11.5 Å². The molecule has 0 saturated heterocycles. The molecular formula is C12H18N2O3S. The Morgan fingerprint density at radius 2 is 2.28 bits per heavy atom. The molecule has 0 amide bonds. The third kappa shape index (κ3) is 4.54. The predicted molar refractivity (Wildman–Crippen MR) is 74.4 cm³/mol. The van der Waals surface area contributed by atoms with Crippen molar-refractivity contribution in [1.29, 1.82) is 0 Å². The van der Waals surface area contributed by atoms with Crippen LogP contribution in [0.25, 0.3) is 0 Å². The van der Waals surface area contributed by atoms with Gasteiger partial charge in [0.15, 0.2) is 5.75 Å². The fourth-order valence-corrected chi connectivity index (χ4v) is 1.99. The van der Waals surface area contributed by atoms with E-state index in [1.807, 2.05) is 6.07 Å². The summed E-state index contributed by atoms with van der Waals surface area (Å²) >= 11 is 1.75. The molecule has 0 aromatic heterocycles. The summed E-state index contributed by atoms with van der Waals surface area (Å²) in [6.07, 6.45) is 0. The third-order valence-electron chi connectivity index (χ3n) is 2.29.